The number of methoxy groups -OCH3 is 1. The Morgan fingerprint density at radius 2 is 1.63 bits per heavy atom. The molecule has 0 atom stereocenters. The van der Waals surface area contributed by atoms with E-state index in [1.807, 2.05) is 44.2 Å². The first-order valence-electron chi connectivity index (χ1n) is 13.3. The number of benzene rings is 3. The van der Waals surface area contributed by atoms with E-state index in [0.717, 1.165) is 54.9 Å². The molecule has 3 aromatic carbocycles. The number of carbonyl (C=O) groups is 2. The summed E-state index contributed by atoms with van der Waals surface area (Å²) >= 11 is 0. The van der Waals surface area contributed by atoms with E-state index in [1.165, 1.54) is 5.56 Å². The number of carbonyl (C=O) groups excluding carboxylic acids is 2. The van der Waals surface area contributed by atoms with Crippen LogP contribution < -0.4 is 20.9 Å². The monoisotopic (exact) mass is 514 g/mol. The molecule has 1 aliphatic heterocycles. The molecule has 7 nitrogen and oxygen atoms in total. The molecule has 0 bridgehead atoms. The van der Waals surface area contributed by atoms with Crippen molar-refractivity contribution in [3.63, 3.8) is 0 Å². The van der Waals surface area contributed by atoms with Crippen LogP contribution in [0.25, 0.3) is 0 Å². The van der Waals surface area contributed by atoms with Crippen molar-refractivity contribution < 1.29 is 14.3 Å². The van der Waals surface area contributed by atoms with Gasteiger partial charge >= 0.3 is 6.03 Å². The highest BCUT2D eigenvalue weighted by molar-refractivity contribution is 6.04. The first-order chi connectivity index (χ1) is 18.4. The minimum Gasteiger partial charge on any atom is -0.383 e. The zero-order valence-corrected chi connectivity index (χ0v) is 22.5. The van der Waals surface area contributed by atoms with Crippen molar-refractivity contribution in [2.75, 3.05) is 48.9 Å². The predicted molar refractivity (Wildman–Crippen MR) is 154 cm³/mol. The second-order valence-electron chi connectivity index (χ2n) is 9.95. The summed E-state index contributed by atoms with van der Waals surface area (Å²) in [5.74, 6) is 0.449. The highest BCUT2D eigenvalue weighted by atomic mass is 16.5. The third-order valence-corrected chi connectivity index (χ3v) is 7.13. The molecule has 0 aliphatic carbocycles. The molecule has 3 amide bonds. The van der Waals surface area contributed by atoms with Crippen LogP contribution in [0.1, 0.15) is 39.9 Å². The minimum atomic E-state index is -0.345. The number of rotatable bonds is 9. The van der Waals surface area contributed by atoms with Gasteiger partial charge in [-0.3, -0.25) is 4.79 Å². The molecule has 1 fully saturated rings. The summed E-state index contributed by atoms with van der Waals surface area (Å²) in [5, 5.41) is 8.78. The lowest BCUT2D eigenvalue weighted by molar-refractivity contribution is 0.0937. The van der Waals surface area contributed by atoms with Crippen LogP contribution in [-0.4, -0.2) is 45.3 Å². The largest absolute Gasteiger partial charge is 0.383 e. The van der Waals surface area contributed by atoms with E-state index >= 15 is 0 Å². The van der Waals surface area contributed by atoms with Crippen LogP contribution in [0.5, 0.6) is 0 Å². The van der Waals surface area contributed by atoms with Gasteiger partial charge < -0.3 is 25.6 Å². The van der Waals surface area contributed by atoms with Crippen molar-refractivity contribution in [1.82, 2.24) is 5.32 Å². The van der Waals surface area contributed by atoms with Gasteiger partial charge in [0.2, 0.25) is 0 Å². The van der Waals surface area contributed by atoms with Gasteiger partial charge in [0, 0.05) is 43.8 Å². The summed E-state index contributed by atoms with van der Waals surface area (Å²) < 4.78 is 5.10. The number of hydrogen-bond acceptors (Lipinski definition) is 4. The molecule has 0 radical (unpaired) electrons. The van der Waals surface area contributed by atoms with Crippen molar-refractivity contribution in [3.05, 3.63) is 89.0 Å². The molecule has 1 aliphatic rings. The lowest BCUT2D eigenvalue weighted by atomic mass is 9.89. The smallest absolute Gasteiger partial charge is 0.323 e. The summed E-state index contributed by atoms with van der Waals surface area (Å²) in [6.07, 6.45) is 3.22. The first-order valence-corrected chi connectivity index (χ1v) is 13.3. The van der Waals surface area contributed by atoms with E-state index in [0.29, 0.717) is 30.3 Å². The second-order valence-corrected chi connectivity index (χ2v) is 9.95. The molecular weight excluding hydrogens is 476 g/mol. The Hall–Kier alpha value is -3.84. The highest BCUT2D eigenvalue weighted by Crippen LogP contribution is 2.30. The van der Waals surface area contributed by atoms with Gasteiger partial charge in [0.1, 0.15) is 0 Å². The zero-order valence-electron chi connectivity index (χ0n) is 22.5. The topological polar surface area (TPSA) is 82.7 Å². The molecule has 200 valence electrons. The van der Waals surface area contributed by atoms with Gasteiger partial charge in [-0.25, -0.2) is 4.79 Å². The van der Waals surface area contributed by atoms with Crippen LogP contribution in [0.3, 0.4) is 0 Å². The van der Waals surface area contributed by atoms with Crippen LogP contribution in [0.15, 0.2) is 66.7 Å². The standard InChI is InChI=1S/C31H38N4O3/c1-22-8-7-9-23(2)29(22)34-31(37)33-26-12-13-28(27(21-26)30(36)32-16-19-38-3)35-17-14-25(15-18-35)20-24-10-5-4-6-11-24/h4-13,21,25H,14-20H2,1-3H3,(H,32,36)(H2,33,34,37). The molecule has 38 heavy (non-hydrogen) atoms. The predicted octanol–water partition coefficient (Wildman–Crippen LogP) is 5.78. The normalized spacial score (nSPS) is 13.7. The zero-order chi connectivity index (χ0) is 26.9. The average molecular weight is 515 g/mol. The molecular formula is C31H38N4O3. The highest BCUT2D eigenvalue weighted by Gasteiger charge is 2.24. The Labute approximate surface area is 225 Å². The fourth-order valence-electron chi connectivity index (χ4n) is 5.05. The van der Waals surface area contributed by atoms with Gasteiger partial charge in [-0.05, 0) is 73.9 Å². The molecule has 0 unspecified atom stereocenters. The second kappa shape index (κ2) is 13.1. The number of amides is 3. The van der Waals surface area contributed by atoms with Crippen LogP contribution in [0.2, 0.25) is 0 Å². The van der Waals surface area contributed by atoms with Gasteiger partial charge in [-0.2, -0.15) is 0 Å². The fourth-order valence-corrected chi connectivity index (χ4v) is 5.05. The summed E-state index contributed by atoms with van der Waals surface area (Å²) in [6.45, 7) is 6.54. The SMILES string of the molecule is COCCNC(=O)c1cc(NC(=O)Nc2c(C)cccc2C)ccc1N1CCC(Cc2ccccc2)CC1. The molecule has 0 aromatic heterocycles. The Morgan fingerprint density at radius 3 is 2.32 bits per heavy atom. The lowest BCUT2D eigenvalue weighted by Gasteiger charge is -2.35. The van der Waals surface area contributed by atoms with Crippen LogP contribution in [0.4, 0.5) is 21.9 Å². The van der Waals surface area contributed by atoms with E-state index in [9.17, 15) is 9.59 Å². The maximum absolute atomic E-state index is 13.2. The maximum Gasteiger partial charge on any atom is 0.323 e. The molecule has 4 rings (SSSR count). The quantitative estimate of drug-likeness (QED) is 0.316. The third kappa shape index (κ3) is 7.13. The van der Waals surface area contributed by atoms with Crippen molar-refractivity contribution in [3.8, 4) is 0 Å². The molecule has 1 heterocycles. The van der Waals surface area contributed by atoms with Gasteiger partial charge in [-0.1, -0.05) is 48.5 Å². The van der Waals surface area contributed by atoms with Gasteiger partial charge in [-0.15, -0.1) is 0 Å². The average Bonchev–Trinajstić information content (AvgIpc) is 2.92. The number of aryl methyl sites for hydroxylation is 2. The number of hydrogen-bond donors (Lipinski definition) is 3. The summed E-state index contributed by atoms with van der Waals surface area (Å²) in [5.41, 5.74) is 6.14. The minimum absolute atomic E-state index is 0.178. The van der Waals surface area contributed by atoms with Gasteiger partial charge in [0.15, 0.2) is 0 Å². The molecule has 7 heteroatoms. The Balaban J connectivity index is 1.47. The van der Waals surface area contributed by atoms with Crippen LogP contribution in [0, 0.1) is 19.8 Å². The molecule has 0 saturated carbocycles. The summed E-state index contributed by atoms with van der Waals surface area (Å²) in [7, 11) is 1.61. The molecule has 0 spiro atoms. The molecule has 3 N–H and O–H groups in total. The van der Waals surface area contributed by atoms with E-state index in [1.54, 1.807) is 13.2 Å². The Kier molecular flexibility index (Phi) is 9.38. The van der Waals surface area contributed by atoms with Gasteiger partial charge in [0.05, 0.1) is 12.2 Å². The molecule has 1 saturated heterocycles. The fraction of sp³-hybridized carbons (Fsp3) is 0.355. The number of anilines is 3. The van der Waals surface area contributed by atoms with E-state index < -0.39 is 0 Å². The van der Waals surface area contributed by atoms with Crippen molar-refractivity contribution in [1.29, 1.82) is 0 Å². The Morgan fingerprint density at radius 1 is 0.921 bits per heavy atom. The summed E-state index contributed by atoms with van der Waals surface area (Å²) in [6, 6.07) is 21.7. The number of para-hydroxylation sites is 1. The summed E-state index contributed by atoms with van der Waals surface area (Å²) in [4.78, 5) is 28.3. The maximum atomic E-state index is 13.2. The number of nitrogens with one attached hydrogen (secondary N) is 3. The third-order valence-electron chi connectivity index (χ3n) is 7.13. The van der Waals surface area contributed by atoms with E-state index in [4.69, 9.17) is 4.74 Å². The van der Waals surface area contributed by atoms with E-state index in [-0.39, 0.29) is 11.9 Å². The van der Waals surface area contributed by atoms with E-state index in [2.05, 4.69) is 51.2 Å². The lowest BCUT2D eigenvalue weighted by Crippen LogP contribution is -2.36. The van der Waals surface area contributed by atoms with Crippen LogP contribution in [-0.2, 0) is 11.2 Å². The Bertz CT molecular complexity index is 1220. The number of urea groups is 1. The van der Waals surface area contributed by atoms with Crippen molar-refractivity contribution >= 4 is 29.0 Å². The van der Waals surface area contributed by atoms with Crippen LogP contribution >= 0.6 is 0 Å². The number of ether oxygens (including phenoxy) is 1. The molecule has 3 aromatic rings. The van der Waals surface area contributed by atoms with Gasteiger partial charge in [0.25, 0.3) is 5.91 Å². The first kappa shape index (κ1) is 27.2. The number of piperidine rings is 1. The van der Waals surface area contributed by atoms with Crippen molar-refractivity contribution in [2.45, 2.75) is 33.1 Å². The van der Waals surface area contributed by atoms with Crippen molar-refractivity contribution in [2.24, 2.45) is 5.92 Å². The number of nitrogens with zero attached hydrogens (tertiary/aromatic N) is 1.